The molecule has 3 aromatic rings. The number of aryl methyl sites for hydroxylation is 2. The second kappa shape index (κ2) is 11.6. The highest BCUT2D eigenvalue weighted by molar-refractivity contribution is 5.96. The molecular formula is C28H33F5N6O3. The summed E-state index contributed by atoms with van der Waals surface area (Å²) in [5, 5.41) is 14.1. The highest BCUT2D eigenvalue weighted by atomic mass is 19.4. The molecule has 42 heavy (non-hydrogen) atoms. The molecule has 2 saturated carbocycles. The van der Waals surface area contributed by atoms with Gasteiger partial charge in [-0.2, -0.15) is 18.3 Å². The van der Waals surface area contributed by atoms with Crippen molar-refractivity contribution in [2.75, 3.05) is 0 Å². The second-order valence-electron chi connectivity index (χ2n) is 11.3. The first kappa shape index (κ1) is 29.9. The van der Waals surface area contributed by atoms with Gasteiger partial charge in [0.25, 0.3) is 5.91 Å². The van der Waals surface area contributed by atoms with Crippen molar-refractivity contribution in [3.63, 3.8) is 0 Å². The third-order valence-corrected chi connectivity index (χ3v) is 8.10. The molecule has 5 rings (SSSR count). The van der Waals surface area contributed by atoms with E-state index in [4.69, 9.17) is 9.51 Å². The molecule has 3 aromatic heterocycles. The van der Waals surface area contributed by atoms with Crippen molar-refractivity contribution in [1.82, 2.24) is 30.4 Å². The Morgan fingerprint density at radius 3 is 2.45 bits per heavy atom. The van der Waals surface area contributed by atoms with Crippen LogP contribution in [-0.4, -0.2) is 43.7 Å². The van der Waals surface area contributed by atoms with Gasteiger partial charge in [-0.15, -0.1) is 0 Å². The van der Waals surface area contributed by atoms with Crippen LogP contribution in [0.3, 0.4) is 0 Å². The predicted octanol–water partition coefficient (Wildman–Crippen LogP) is 5.79. The SMILES string of the molecule is CCc1noc(C)c1C(=O)N[C@H](c1cn2ncc(C(NC(=O)CCC(F)(F)F)C3CC3)cc2n1)C1CCC(F)(F)CC1. The maximum Gasteiger partial charge on any atom is 0.389 e. The number of imidazole rings is 1. The van der Waals surface area contributed by atoms with E-state index in [0.29, 0.717) is 40.3 Å². The van der Waals surface area contributed by atoms with E-state index in [0.717, 1.165) is 12.8 Å². The lowest BCUT2D eigenvalue weighted by atomic mass is 9.81. The van der Waals surface area contributed by atoms with Gasteiger partial charge >= 0.3 is 6.18 Å². The molecule has 0 aliphatic heterocycles. The van der Waals surface area contributed by atoms with Crippen LogP contribution in [0.25, 0.3) is 5.65 Å². The van der Waals surface area contributed by atoms with Crippen molar-refractivity contribution in [2.45, 2.75) is 95.8 Å². The molecule has 1 unspecified atom stereocenters. The van der Waals surface area contributed by atoms with Crippen LogP contribution in [-0.2, 0) is 11.2 Å². The molecule has 3 heterocycles. The number of hydrogen-bond donors (Lipinski definition) is 2. The first-order chi connectivity index (χ1) is 19.8. The van der Waals surface area contributed by atoms with Gasteiger partial charge in [0.05, 0.1) is 42.3 Å². The van der Waals surface area contributed by atoms with Gasteiger partial charge in [0.15, 0.2) is 5.65 Å². The molecule has 14 heteroatoms. The van der Waals surface area contributed by atoms with Gasteiger partial charge in [0.1, 0.15) is 11.3 Å². The molecule has 0 bridgehead atoms. The van der Waals surface area contributed by atoms with Crippen molar-refractivity contribution < 1.29 is 36.1 Å². The molecule has 228 valence electrons. The van der Waals surface area contributed by atoms with Crippen LogP contribution in [0.4, 0.5) is 22.0 Å². The summed E-state index contributed by atoms with van der Waals surface area (Å²) in [6.07, 6.45) is -1.26. The maximum absolute atomic E-state index is 14.0. The Hall–Kier alpha value is -3.58. The number of halogens is 5. The van der Waals surface area contributed by atoms with E-state index in [1.54, 1.807) is 19.2 Å². The largest absolute Gasteiger partial charge is 0.389 e. The van der Waals surface area contributed by atoms with E-state index in [2.05, 4.69) is 20.9 Å². The van der Waals surface area contributed by atoms with E-state index in [9.17, 15) is 31.5 Å². The summed E-state index contributed by atoms with van der Waals surface area (Å²) in [5.41, 5.74) is 2.24. The normalized spacial score (nSPS) is 19.0. The van der Waals surface area contributed by atoms with Gasteiger partial charge in [0.2, 0.25) is 11.8 Å². The van der Waals surface area contributed by atoms with Crippen LogP contribution in [0.5, 0.6) is 0 Å². The zero-order chi connectivity index (χ0) is 30.2. The minimum atomic E-state index is -4.43. The molecule has 0 spiro atoms. The van der Waals surface area contributed by atoms with Crippen LogP contribution >= 0.6 is 0 Å². The molecule has 2 aliphatic carbocycles. The highest BCUT2D eigenvalue weighted by Crippen LogP contribution is 2.43. The summed E-state index contributed by atoms with van der Waals surface area (Å²) in [4.78, 5) is 30.4. The number of nitrogens with one attached hydrogen (secondary N) is 2. The molecular weight excluding hydrogens is 563 g/mol. The predicted molar refractivity (Wildman–Crippen MR) is 140 cm³/mol. The zero-order valence-electron chi connectivity index (χ0n) is 23.3. The lowest BCUT2D eigenvalue weighted by molar-refractivity contribution is -0.144. The number of aromatic nitrogens is 4. The van der Waals surface area contributed by atoms with Crippen LogP contribution in [0.15, 0.2) is 23.0 Å². The molecule has 2 atom stereocenters. The summed E-state index contributed by atoms with van der Waals surface area (Å²) in [7, 11) is 0. The Kier molecular flexibility index (Phi) is 8.26. The van der Waals surface area contributed by atoms with Gasteiger partial charge in [0, 0.05) is 19.3 Å². The van der Waals surface area contributed by atoms with Crippen LogP contribution < -0.4 is 10.6 Å². The van der Waals surface area contributed by atoms with Crippen molar-refractivity contribution in [3.05, 3.63) is 46.7 Å². The maximum atomic E-state index is 14.0. The minimum Gasteiger partial charge on any atom is -0.361 e. The summed E-state index contributed by atoms with van der Waals surface area (Å²) >= 11 is 0. The number of carbonyl (C=O) groups excluding carboxylic acids is 2. The quantitative estimate of drug-likeness (QED) is 0.286. The molecule has 9 nitrogen and oxygen atoms in total. The van der Waals surface area contributed by atoms with E-state index in [1.807, 2.05) is 6.92 Å². The fourth-order valence-corrected chi connectivity index (χ4v) is 5.63. The standard InChI is InChI=1S/C28H33F5N6O3/c1-3-19-23(15(2)42-38-19)26(41)37-25(17-6-9-27(29,30)10-7-17)20-14-39-21(35-20)12-18(13-34-39)24(16-4-5-16)36-22(40)8-11-28(31,32)33/h12-14,16-17,24-25H,3-11H2,1-2H3,(H,36,40)(H,37,41)/t24?,25-/m0/s1. The molecule has 0 radical (unpaired) electrons. The molecule has 2 amide bonds. The van der Waals surface area contributed by atoms with E-state index in [1.165, 1.54) is 10.7 Å². The van der Waals surface area contributed by atoms with Crippen molar-refractivity contribution >= 4 is 17.5 Å². The van der Waals surface area contributed by atoms with E-state index < -0.39 is 48.8 Å². The first-order valence-electron chi connectivity index (χ1n) is 14.2. The Balaban J connectivity index is 1.41. The molecule has 2 fully saturated rings. The van der Waals surface area contributed by atoms with Crippen molar-refractivity contribution in [1.29, 1.82) is 0 Å². The smallest absolute Gasteiger partial charge is 0.361 e. The Morgan fingerprint density at radius 2 is 1.81 bits per heavy atom. The van der Waals surface area contributed by atoms with Crippen LogP contribution in [0, 0.1) is 18.8 Å². The third kappa shape index (κ3) is 6.89. The fraction of sp³-hybridized carbons (Fsp3) is 0.607. The van der Waals surface area contributed by atoms with E-state index in [-0.39, 0.29) is 37.5 Å². The Morgan fingerprint density at radius 1 is 1.12 bits per heavy atom. The molecule has 0 aromatic carbocycles. The van der Waals surface area contributed by atoms with Gasteiger partial charge in [-0.05, 0) is 62.5 Å². The number of hydrogen-bond acceptors (Lipinski definition) is 6. The highest BCUT2D eigenvalue weighted by Gasteiger charge is 2.40. The van der Waals surface area contributed by atoms with Gasteiger partial charge in [-0.3, -0.25) is 9.59 Å². The average molecular weight is 597 g/mol. The van der Waals surface area contributed by atoms with Crippen molar-refractivity contribution in [3.8, 4) is 0 Å². The van der Waals surface area contributed by atoms with E-state index >= 15 is 0 Å². The van der Waals surface area contributed by atoms with Gasteiger partial charge < -0.3 is 15.2 Å². The lowest BCUT2D eigenvalue weighted by Gasteiger charge is -2.33. The number of amides is 2. The Labute approximate surface area is 238 Å². The first-order valence-corrected chi connectivity index (χ1v) is 14.2. The summed E-state index contributed by atoms with van der Waals surface area (Å²) in [5.74, 6) is -3.77. The average Bonchev–Trinajstić information content (AvgIpc) is 3.57. The summed E-state index contributed by atoms with van der Waals surface area (Å²) in [6, 6.07) is 0.499. The topological polar surface area (TPSA) is 114 Å². The molecule has 2 aliphatic rings. The summed E-state index contributed by atoms with van der Waals surface area (Å²) in [6.45, 7) is 3.47. The van der Waals surface area contributed by atoms with Crippen LogP contribution in [0.1, 0.15) is 103 Å². The Bertz CT molecular complexity index is 1440. The number of nitrogens with zero attached hydrogens (tertiary/aromatic N) is 4. The number of fused-ring (bicyclic) bond motifs is 1. The minimum absolute atomic E-state index is 0.0778. The fourth-order valence-electron chi connectivity index (χ4n) is 5.63. The monoisotopic (exact) mass is 596 g/mol. The number of alkyl halides is 5. The van der Waals surface area contributed by atoms with Gasteiger partial charge in [-0.1, -0.05) is 12.1 Å². The third-order valence-electron chi connectivity index (χ3n) is 8.10. The summed E-state index contributed by atoms with van der Waals surface area (Å²) < 4.78 is 72.5. The number of carbonyl (C=O) groups is 2. The number of rotatable bonds is 10. The lowest BCUT2D eigenvalue weighted by Crippen LogP contribution is -2.37. The zero-order valence-corrected chi connectivity index (χ0v) is 23.3. The molecule has 0 saturated heterocycles. The molecule has 2 N–H and O–H groups in total. The van der Waals surface area contributed by atoms with Crippen LogP contribution in [0.2, 0.25) is 0 Å². The van der Waals surface area contributed by atoms with Crippen molar-refractivity contribution in [2.24, 2.45) is 11.8 Å². The van der Waals surface area contributed by atoms with Gasteiger partial charge in [-0.25, -0.2) is 18.3 Å². The second-order valence-corrected chi connectivity index (χ2v) is 11.3.